The Morgan fingerprint density at radius 3 is 1.15 bits per heavy atom. The molecule has 0 N–H and O–H groups in total. The van der Waals surface area contributed by atoms with E-state index in [-0.39, 0.29) is 160 Å². The Morgan fingerprint density at radius 1 is 1.08 bits per heavy atom. The number of rotatable bonds is 1. The monoisotopic (exact) mass is 282 g/mol. The molecular weight excluding hydrogens is 273 g/mol. The number of carbonyl (C=O) groups is 1. The summed E-state index contributed by atoms with van der Waals surface area (Å²) in [6, 6.07) is 0. The van der Waals surface area contributed by atoms with Crippen molar-refractivity contribution in [2.45, 2.75) is 13.8 Å². The van der Waals surface area contributed by atoms with Crippen molar-refractivity contribution in [2.75, 3.05) is 7.11 Å². The summed E-state index contributed by atoms with van der Waals surface area (Å²) in [5.41, 5.74) is 0. The van der Waals surface area contributed by atoms with Gasteiger partial charge in [0.2, 0.25) is 0 Å². The van der Waals surface area contributed by atoms with E-state index in [0.29, 0.717) is 0 Å². The van der Waals surface area contributed by atoms with E-state index in [1.165, 1.54) is 13.8 Å². The van der Waals surface area contributed by atoms with Gasteiger partial charge in [-0.1, -0.05) is 0 Å². The number of carbonyl (C=O) groups excluding carboxylic acids is 1. The molecule has 0 aromatic carbocycles. The molecule has 0 radical (unpaired) electrons. The van der Waals surface area contributed by atoms with Gasteiger partial charge in [-0.25, -0.2) is 0 Å². The van der Waals surface area contributed by atoms with Crippen LogP contribution in [0, 0.1) is 0 Å². The molecule has 0 aliphatic heterocycles. The molecule has 0 rings (SSSR count). The summed E-state index contributed by atoms with van der Waals surface area (Å²) in [5, 5.41) is 0. The standard InChI is InChI=1S/C3H6O.CH3O4Si.3K/c1-3(2)4;1-5-6(2,3)4;;;/h1-2H3;1H3;;;/q;-3;3*+1. The normalized spacial score (nSPS) is 7.54. The van der Waals surface area contributed by atoms with Gasteiger partial charge in [0, 0.05) is 7.11 Å². The molecule has 0 bridgehead atoms. The molecule has 5 nitrogen and oxygen atoms in total. The van der Waals surface area contributed by atoms with Gasteiger partial charge in [0.15, 0.2) is 0 Å². The van der Waals surface area contributed by atoms with E-state index in [9.17, 15) is 19.2 Å². The quantitative estimate of drug-likeness (QED) is 0.445. The second kappa shape index (κ2) is 19.0. The fraction of sp³-hybridized carbons (Fsp3) is 0.750. The first-order valence-electron chi connectivity index (χ1n) is 2.43. The molecule has 0 fully saturated rings. The van der Waals surface area contributed by atoms with Crippen LogP contribution in [0.5, 0.6) is 0 Å². The van der Waals surface area contributed by atoms with E-state index in [1.807, 2.05) is 0 Å². The number of hydrogen-bond acceptors (Lipinski definition) is 5. The van der Waals surface area contributed by atoms with Crippen molar-refractivity contribution in [1.82, 2.24) is 0 Å². The van der Waals surface area contributed by atoms with Crippen LogP contribution in [0.15, 0.2) is 0 Å². The Hall–Kier alpha value is 4.64. The van der Waals surface area contributed by atoms with E-state index in [1.54, 1.807) is 0 Å². The third-order valence-corrected chi connectivity index (χ3v) is 0.750. The van der Waals surface area contributed by atoms with Gasteiger partial charge in [-0.3, -0.25) is 0 Å². The number of hydrogen-bond donors (Lipinski definition) is 0. The van der Waals surface area contributed by atoms with Crippen molar-refractivity contribution < 1.29 is 178 Å². The number of Topliss-reactive ketones (excluding diaryl/α,β-unsaturated/α-hetero) is 1. The predicted molar refractivity (Wildman–Crippen MR) is 29.1 cm³/mol. The maximum Gasteiger partial charge on any atom is 1.00 e. The topological polar surface area (TPSA) is 95.5 Å². The van der Waals surface area contributed by atoms with Gasteiger partial charge in [-0.2, -0.15) is 0 Å². The SMILES string of the molecule is CC(C)=O.CO[Si]([O-])([O-])[O-].[K+].[K+].[K+]. The minimum Gasteiger partial charge on any atom is -0.861 e. The van der Waals surface area contributed by atoms with Gasteiger partial charge in [0.05, 0.1) is 0 Å². The number of ketones is 1. The van der Waals surface area contributed by atoms with Crippen LogP contribution in [0.3, 0.4) is 0 Å². The summed E-state index contributed by atoms with van der Waals surface area (Å²) in [6.07, 6.45) is 0. The van der Waals surface area contributed by atoms with E-state index in [0.717, 1.165) is 7.11 Å². The first-order chi connectivity index (χ1) is 4.29. The van der Waals surface area contributed by atoms with E-state index >= 15 is 0 Å². The zero-order valence-corrected chi connectivity index (χ0v) is 19.4. The summed E-state index contributed by atoms with van der Waals surface area (Å²) in [6.45, 7) is 3.06. The molecule has 0 unspecified atom stereocenters. The molecule has 0 aromatic rings. The maximum absolute atomic E-state index is 9.44. The Bertz CT molecular complexity index is 102. The first kappa shape index (κ1) is 30.6. The molecule has 0 heterocycles. The van der Waals surface area contributed by atoms with Gasteiger partial charge < -0.3 is 23.6 Å². The van der Waals surface area contributed by atoms with Crippen molar-refractivity contribution in [3.63, 3.8) is 0 Å². The fourth-order valence-corrected chi connectivity index (χ4v) is 0. The van der Waals surface area contributed by atoms with Crippen LogP contribution in [0.25, 0.3) is 0 Å². The predicted octanol–water partition coefficient (Wildman–Crippen LogP) is -12.2. The minimum atomic E-state index is -4.88. The molecule has 0 aliphatic rings. The molecule has 13 heavy (non-hydrogen) atoms. The molecule has 0 saturated heterocycles. The summed E-state index contributed by atoms with van der Waals surface area (Å²) in [4.78, 5) is 37.3. The molecule has 0 aliphatic carbocycles. The minimum absolute atomic E-state index is 0. The van der Waals surface area contributed by atoms with E-state index in [4.69, 9.17) is 0 Å². The molecular formula is C4H9K3O5Si. The average Bonchev–Trinajstić information content (AvgIpc) is 1.63. The second-order valence-corrected chi connectivity index (χ2v) is 3.02. The Morgan fingerprint density at radius 2 is 1.15 bits per heavy atom. The van der Waals surface area contributed by atoms with Crippen molar-refractivity contribution in [3.05, 3.63) is 0 Å². The van der Waals surface area contributed by atoms with E-state index < -0.39 is 9.05 Å². The van der Waals surface area contributed by atoms with Gasteiger partial charge >= 0.3 is 154 Å². The third kappa shape index (κ3) is 61.1. The Balaban J connectivity index is -0.0000000279. The van der Waals surface area contributed by atoms with Crippen LogP contribution in [-0.4, -0.2) is 21.9 Å². The van der Waals surface area contributed by atoms with Crippen molar-refractivity contribution >= 4 is 14.8 Å². The zero-order chi connectivity index (χ0) is 8.78. The van der Waals surface area contributed by atoms with Crippen LogP contribution in [0.1, 0.15) is 13.8 Å². The van der Waals surface area contributed by atoms with Gasteiger partial charge in [-0.15, -0.1) is 9.05 Å². The van der Waals surface area contributed by atoms with Crippen LogP contribution in [-0.2, 0) is 9.22 Å². The molecule has 9 heteroatoms. The molecule has 0 saturated carbocycles. The van der Waals surface area contributed by atoms with Crippen molar-refractivity contribution in [1.29, 1.82) is 0 Å². The third-order valence-electron chi connectivity index (χ3n) is 0.250. The molecule has 0 amide bonds. The molecule has 0 spiro atoms. The first-order valence-corrected chi connectivity index (χ1v) is 4.06. The average molecular weight is 282 g/mol. The van der Waals surface area contributed by atoms with Crippen molar-refractivity contribution in [2.24, 2.45) is 0 Å². The second-order valence-electron chi connectivity index (χ2n) is 1.61. The smallest absolute Gasteiger partial charge is 0.861 e. The molecule has 0 aromatic heterocycles. The largest absolute Gasteiger partial charge is 1.00 e. The van der Waals surface area contributed by atoms with Gasteiger partial charge in [0.25, 0.3) is 0 Å². The summed E-state index contributed by atoms with van der Waals surface area (Å²) in [7, 11) is -4.05. The Labute approximate surface area is 207 Å². The summed E-state index contributed by atoms with van der Waals surface area (Å²) < 4.78 is 3.41. The zero-order valence-electron chi connectivity index (χ0n) is 9.04. The van der Waals surface area contributed by atoms with Gasteiger partial charge in [0.1, 0.15) is 5.78 Å². The molecule has 0 atom stereocenters. The van der Waals surface area contributed by atoms with E-state index in [2.05, 4.69) is 4.43 Å². The summed E-state index contributed by atoms with van der Waals surface area (Å²) >= 11 is 0. The fourth-order valence-electron chi connectivity index (χ4n) is 0. The van der Waals surface area contributed by atoms with Crippen LogP contribution < -0.4 is 169 Å². The maximum atomic E-state index is 9.44. The van der Waals surface area contributed by atoms with Crippen LogP contribution in [0.2, 0.25) is 0 Å². The van der Waals surface area contributed by atoms with Gasteiger partial charge in [-0.05, 0) is 13.8 Å². The Kier molecular flexibility index (Phi) is 44.6. The molecule has 62 valence electrons. The van der Waals surface area contributed by atoms with Crippen molar-refractivity contribution in [3.8, 4) is 0 Å². The van der Waals surface area contributed by atoms with Crippen LogP contribution in [0.4, 0.5) is 0 Å². The van der Waals surface area contributed by atoms with Crippen LogP contribution >= 0.6 is 0 Å². The summed E-state index contributed by atoms with van der Waals surface area (Å²) in [5.74, 6) is 0.167.